The van der Waals surface area contributed by atoms with E-state index in [1.165, 1.54) is 0 Å². The van der Waals surface area contributed by atoms with Crippen molar-refractivity contribution in [2.75, 3.05) is 33.8 Å². The number of carboxylic acids is 1. The Morgan fingerprint density at radius 1 is 1.38 bits per heavy atom. The monoisotopic (exact) mass is 299 g/mol. The number of nitriles is 1. The predicted octanol–water partition coefficient (Wildman–Crippen LogP) is 1.66. The number of carbonyl (C=O) groups is 2. The van der Waals surface area contributed by atoms with E-state index >= 15 is 0 Å². The molecule has 0 fully saturated rings. The van der Waals surface area contributed by atoms with Gasteiger partial charge in [-0.3, -0.25) is 4.79 Å². The van der Waals surface area contributed by atoms with E-state index in [2.05, 4.69) is 6.07 Å². The van der Waals surface area contributed by atoms with Gasteiger partial charge in [-0.05, 0) is 20.3 Å². The maximum atomic E-state index is 11.8. The summed E-state index contributed by atoms with van der Waals surface area (Å²) in [6.07, 6.45) is 1.17. The first-order valence-corrected chi connectivity index (χ1v) is 7.14. The lowest BCUT2D eigenvalue weighted by atomic mass is 9.90. The highest BCUT2D eigenvalue weighted by atomic mass is 16.5. The van der Waals surface area contributed by atoms with Crippen LogP contribution in [0.4, 0.5) is 0 Å². The molecule has 6 heteroatoms. The number of hydrogen-bond acceptors (Lipinski definition) is 4. The number of rotatable bonds is 9. The van der Waals surface area contributed by atoms with Crippen LogP contribution < -0.4 is 0 Å². The maximum absolute atomic E-state index is 11.8. The summed E-state index contributed by atoms with van der Waals surface area (Å²) in [5.41, 5.74) is -0.543. The summed E-state index contributed by atoms with van der Waals surface area (Å²) >= 11 is 0. The van der Waals surface area contributed by atoms with E-state index in [9.17, 15) is 9.59 Å². The number of nitrogens with zero attached hydrogens (tertiary/aromatic N) is 2. The minimum atomic E-state index is -0.871. The molecule has 6 nitrogen and oxygen atoms in total. The lowest BCUT2D eigenvalue weighted by molar-refractivity contribution is -0.883. The minimum Gasteiger partial charge on any atom is -0.477 e. The van der Waals surface area contributed by atoms with Gasteiger partial charge in [0.1, 0.15) is 6.61 Å². The highest BCUT2D eigenvalue weighted by Gasteiger charge is 2.28. The Hall–Kier alpha value is -1.61. The zero-order valence-electron chi connectivity index (χ0n) is 13.7. The third-order valence-electron chi connectivity index (χ3n) is 3.68. The molecule has 21 heavy (non-hydrogen) atoms. The van der Waals surface area contributed by atoms with Crippen LogP contribution in [0.15, 0.2) is 0 Å². The van der Waals surface area contributed by atoms with Gasteiger partial charge in [0.15, 0.2) is 6.54 Å². The fourth-order valence-corrected chi connectivity index (χ4v) is 1.65. The summed E-state index contributed by atoms with van der Waals surface area (Å²) in [6.45, 7) is 6.13. The fourth-order valence-electron chi connectivity index (χ4n) is 1.65. The van der Waals surface area contributed by atoms with E-state index in [1.807, 2.05) is 20.8 Å². The molecule has 0 saturated carbocycles. The molecule has 0 aliphatic rings. The molecule has 1 unspecified atom stereocenters. The molecular formula is C15H27N2O4+. The number of aliphatic carboxylic acids is 1. The van der Waals surface area contributed by atoms with Gasteiger partial charge in [-0.2, -0.15) is 5.26 Å². The average molecular weight is 299 g/mol. The van der Waals surface area contributed by atoms with Gasteiger partial charge in [-0.15, -0.1) is 0 Å². The lowest BCUT2D eigenvalue weighted by Crippen LogP contribution is -2.45. The van der Waals surface area contributed by atoms with E-state index in [0.717, 1.165) is 0 Å². The molecule has 0 aromatic carbocycles. The fraction of sp³-hybridized carbons (Fsp3) is 0.800. The van der Waals surface area contributed by atoms with E-state index in [1.54, 1.807) is 14.1 Å². The molecule has 0 bridgehead atoms. The van der Waals surface area contributed by atoms with Gasteiger partial charge in [0, 0.05) is 6.42 Å². The van der Waals surface area contributed by atoms with Gasteiger partial charge in [0.2, 0.25) is 0 Å². The Kier molecular flexibility index (Phi) is 7.37. The largest absolute Gasteiger partial charge is 0.477 e. The quantitative estimate of drug-likeness (QED) is 0.517. The highest BCUT2D eigenvalue weighted by Crippen LogP contribution is 2.22. The normalized spacial score (nSPS) is 13.3. The summed E-state index contributed by atoms with van der Waals surface area (Å²) in [5.74, 6) is -1.58. The van der Waals surface area contributed by atoms with Gasteiger partial charge >= 0.3 is 11.9 Å². The molecule has 0 aromatic heterocycles. The number of esters is 1. The molecule has 120 valence electrons. The summed E-state index contributed by atoms with van der Waals surface area (Å²) < 4.78 is 5.51. The number of ether oxygens (including phenoxy) is 1. The summed E-state index contributed by atoms with van der Waals surface area (Å²) in [6, 6.07) is 2.12. The zero-order valence-corrected chi connectivity index (χ0v) is 13.7. The summed E-state index contributed by atoms with van der Waals surface area (Å²) in [5, 5.41) is 17.9. The summed E-state index contributed by atoms with van der Waals surface area (Å²) in [7, 11) is 3.60. The van der Waals surface area contributed by atoms with Crippen molar-refractivity contribution in [3.8, 4) is 6.07 Å². The number of carbonyl (C=O) groups excluding carboxylic acids is 1. The number of quaternary nitrogens is 1. The Morgan fingerprint density at radius 3 is 2.38 bits per heavy atom. The molecule has 0 radical (unpaired) electrons. The van der Waals surface area contributed by atoms with Crippen LogP contribution in [0.3, 0.4) is 0 Å². The standard InChI is InChI=1S/C15H26N2O4/c1-6-15(2,3)14(20)21-11-12(9-16)7-8-17(4,5)10-13(18)19/h12H,6-8,10-11H2,1-5H3/p+1. The first-order valence-electron chi connectivity index (χ1n) is 7.14. The first-order chi connectivity index (χ1) is 9.54. The molecule has 0 spiro atoms. The van der Waals surface area contributed by atoms with Crippen LogP contribution in [0, 0.1) is 22.7 Å². The molecule has 0 aromatic rings. The van der Waals surface area contributed by atoms with Crippen molar-refractivity contribution in [2.24, 2.45) is 11.3 Å². The van der Waals surface area contributed by atoms with E-state index in [-0.39, 0.29) is 19.1 Å². The Balaban J connectivity index is 4.34. The lowest BCUT2D eigenvalue weighted by Gasteiger charge is -2.28. The van der Waals surface area contributed by atoms with Crippen molar-refractivity contribution >= 4 is 11.9 Å². The van der Waals surface area contributed by atoms with Crippen molar-refractivity contribution in [3.63, 3.8) is 0 Å². The van der Waals surface area contributed by atoms with Crippen molar-refractivity contribution in [3.05, 3.63) is 0 Å². The van der Waals surface area contributed by atoms with E-state index in [4.69, 9.17) is 15.1 Å². The number of hydrogen-bond donors (Lipinski definition) is 1. The van der Waals surface area contributed by atoms with Crippen molar-refractivity contribution in [2.45, 2.75) is 33.6 Å². The third-order valence-corrected chi connectivity index (χ3v) is 3.68. The second kappa shape index (κ2) is 7.99. The smallest absolute Gasteiger partial charge is 0.359 e. The van der Waals surface area contributed by atoms with Gasteiger partial charge in [-0.25, -0.2) is 4.79 Å². The van der Waals surface area contributed by atoms with Crippen molar-refractivity contribution < 1.29 is 23.9 Å². The molecular weight excluding hydrogens is 272 g/mol. The van der Waals surface area contributed by atoms with Crippen LogP contribution in [0.5, 0.6) is 0 Å². The van der Waals surface area contributed by atoms with Gasteiger partial charge in [0.05, 0.1) is 38.0 Å². The Bertz CT molecular complexity index is 410. The van der Waals surface area contributed by atoms with Gasteiger partial charge < -0.3 is 14.3 Å². The van der Waals surface area contributed by atoms with Gasteiger partial charge in [-0.1, -0.05) is 6.92 Å². The Morgan fingerprint density at radius 2 is 1.95 bits per heavy atom. The molecule has 0 rings (SSSR count). The topological polar surface area (TPSA) is 87.4 Å². The Labute approximate surface area is 126 Å². The van der Waals surface area contributed by atoms with Crippen LogP contribution in [0.25, 0.3) is 0 Å². The second-order valence-electron chi connectivity index (χ2n) is 6.66. The zero-order chi connectivity index (χ0) is 16.7. The maximum Gasteiger partial charge on any atom is 0.359 e. The van der Waals surface area contributed by atoms with E-state index in [0.29, 0.717) is 23.9 Å². The third kappa shape index (κ3) is 7.66. The van der Waals surface area contributed by atoms with Gasteiger partial charge in [0.25, 0.3) is 0 Å². The highest BCUT2D eigenvalue weighted by molar-refractivity contribution is 5.75. The predicted molar refractivity (Wildman–Crippen MR) is 78.2 cm³/mol. The molecule has 0 saturated heterocycles. The van der Waals surface area contributed by atoms with E-state index < -0.39 is 17.3 Å². The van der Waals surface area contributed by atoms with Crippen molar-refractivity contribution in [1.29, 1.82) is 5.26 Å². The van der Waals surface area contributed by atoms with Crippen LogP contribution in [-0.4, -0.2) is 55.3 Å². The summed E-state index contributed by atoms with van der Waals surface area (Å²) in [4.78, 5) is 22.6. The molecule has 0 aliphatic carbocycles. The average Bonchev–Trinajstić information content (AvgIpc) is 2.36. The van der Waals surface area contributed by atoms with Crippen LogP contribution in [0.1, 0.15) is 33.6 Å². The number of likely N-dealkylation sites (N-methyl/N-ethyl adjacent to an activating group) is 1. The molecule has 1 atom stereocenters. The minimum absolute atomic E-state index is 0.000796. The molecule has 1 N–H and O–H groups in total. The van der Waals surface area contributed by atoms with Crippen LogP contribution >= 0.6 is 0 Å². The molecule has 0 heterocycles. The SMILES string of the molecule is CCC(C)(C)C(=O)OCC(C#N)CC[N+](C)(C)CC(=O)O. The molecule has 0 amide bonds. The van der Waals surface area contributed by atoms with Crippen LogP contribution in [0.2, 0.25) is 0 Å². The first kappa shape index (κ1) is 19.4. The van der Waals surface area contributed by atoms with Crippen LogP contribution in [-0.2, 0) is 14.3 Å². The second-order valence-corrected chi connectivity index (χ2v) is 6.66. The van der Waals surface area contributed by atoms with Crippen molar-refractivity contribution in [1.82, 2.24) is 0 Å². The molecule has 0 aliphatic heterocycles. The number of carboxylic acid groups (broad SMARTS) is 1.